The standard InChI is InChI=1S/C27H25N5O3/c33-27(21-9-6-10-22(17-21)32(34)35)29-25-18-28-24-12-5-4-11-23(24)26(25)31-15-13-30(14-16-31)19-20-7-2-1-3-8-20/h1-12,17-18H,13-16,19H2,(H,29,33). The Morgan fingerprint density at radius 1 is 0.943 bits per heavy atom. The number of non-ortho nitro benzene ring substituents is 1. The Bertz CT molecular complexity index is 1370. The van der Waals surface area contributed by atoms with Crippen molar-refractivity contribution in [3.63, 3.8) is 0 Å². The van der Waals surface area contributed by atoms with Gasteiger partial charge in [0.25, 0.3) is 11.6 Å². The fourth-order valence-corrected chi connectivity index (χ4v) is 4.49. The zero-order chi connectivity index (χ0) is 24.2. The summed E-state index contributed by atoms with van der Waals surface area (Å²) < 4.78 is 0. The molecule has 1 N–H and O–H groups in total. The monoisotopic (exact) mass is 467 g/mol. The number of aromatic nitrogens is 1. The molecule has 0 radical (unpaired) electrons. The summed E-state index contributed by atoms with van der Waals surface area (Å²) in [5.74, 6) is -0.408. The molecule has 4 aromatic rings. The third-order valence-electron chi connectivity index (χ3n) is 6.25. The van der Waals surface area contributed by atoms with Crippen molar-refractivity contribution < 1.29 is 9.72 Å². The molecule has 1 fully saturated rings. The first kappa shape index (κ1) is 22.5. The molecule has 2 heterocycles. The molecule has 8 nitrogen and oxygen atoms in total. The van der Waals surface area contributed by atoms with Crippen LogP contribution in [0.1, 0.15) is 15.9 Å². The number of pyridine rings is 1. The number of piperazine rings is 1. The van der Waals surface area contributed by atoms with E-state index in [-0.39, 0.29) is 11.3 Å². The predicted molar refractivity (Wildman–Crippen MR) is 137 cm³/mol. The van der Waals surface area contributed by atoms with Gasteiger partial charge in [0.15, 0.2) is 0 Å². The number of para-hydroxylation sites is 1. The number of carbonyl (C=O) groups is 1. The zero-order valence-corrected chi connectivity index (χ0v) is 19.1. The van der Waals surface area contributed by atoms with Crippen LogP contribution in [0.2, 0.25) is 0 Å². The second-order valence-corrected chi connectivity index (χ2v) is 8.55. The van der Waals surface area contributed by atoms with Gasteiger partial charge in [0, 0.05) is 55.8 Å². The van der Waals surface area contributed by atoms with Crippen molar-refractivity contribution in [3.05, 3.63) is 106 Å². The molecular weight excluding hydrogens is 442 g/mol. The van der Waals surface area contributed by atoms with Crippen molar-refractivity contribution in [2.45, 2.75) is 6.54 Å². The molecule has 0 bridgehead atoms. The molecule has 0 saturated carbocycles. The van der Waals surface area contributed by atoms with Gasteiger partial charge in [-0.15, -0.1) is 0 Å². The van der Waals surface area contributed by atoms with Gasteiger partial charge in [-0.05, 0) is 17.7 Å². The number of nitro groups is 1. The van der Waals surface area contributed by atoms with Crippen molar-refractivity contribution in [2.24, 2.45) is 0 Å². The normalized spacial score (nSPS) is 14.1. The van der Waals surface area contributed by atoms with E-state index in [1.165, 1.54) is 23.8 Å². The van der Waals surface area contributed by atoms with Gasteiger partial charge >= 0.3 is 0 Å². The van der Waals surface area contributed by atoms with Crippen LogP contribution >= 0.6 is 0 Å². The van der Waals surface area contributed by atoms with E-state index in [0.717, 1.165) is 49.3 Å². The van der Waals surface area contributed by atoms with Gasteiger partial charge in [-0.3, -0.25) is 24.8 Å². The highest BCUT2D eigenvalue weighted by molar-refractivity contribution is 6.09. The minimum atomic E-state index is -0.505. The van der Waals surface area contributed by atoms with Gasteiger partial charge in [-0.2, -0.15) is 0 Å². The van der Waals surface area contributed by atoms with Crippen molar-refractivity contribution in [1.29, 1.82) is 0 Å². The van der Waals surface area contributed by atoms with Crippen molar-refractivity contribution in [1.82, 2.24) is 9.88 Å². The lowest BCUT2D eigenvalue weighted by atomic mass is 10.1. The summed E-state index contributed by atoms with van der Waals surface area (Å²) in [5, 5.41) is 15.0. The molecule has 1 aliphatic rings. The lowest BCUT2D eigenvalue weighted by Gasteiger charge is -2.37. The first-order valence-corrected chi connectivity index (χ1v) is 11.5. The number of hydrogen-bond acceptors (Lipinski definition) is 6. The maximum atomic E-state index is 13.0. The number of nitrogens with zero attached hydrogens (tertiary/aromatic N) is 4. The summed E-state index contributed by atoms with van der Waals surface area (Å²) in [6.07, 6.45) is 1.67. The molecule has 1 amide bonds. The molecule has 0 unspecified atom stereocenters. The topological polar surface area (TPSA) is 91.6 Å². The molecule has 1 aliphatic heterocycles. The summed E-state index contributed by atoms with van der Waals surface area (Å²) >= 11 is 0. The molecule has 176 valence electrons. The molecule has 1 aromatic heterocycles. The molecular formula is C27H25N5O3. The number of amides is 1. The minimum absolute atomic E-state index is 0.121. The van der Waals surface area contributed by atoms with Gasteiger partial charge in [0.05, 0.1) is 28.0 Å². The average Bonchev–Trinajstić information content (AvgIpc) is 2.90. The number of benzene rings is 3. The molecule has 35 heavy (non-hydrogen) atoms. The molecule has 5 rings (SSSR count). The van der Waals surface area contributed by atoms with E-state index in [0.29, 0.717) is 5.69 Å². The van der Waals surface area contributed by atoms with Crippen LogP contribution < -0.4 is 10.2 Å². The van der Waals surface area contributed by atoms with E-state index in [1.54, 1.807) is 12.3 Å². The van der Waals surface area contributed by atoms with Crippen LogP contribution in [-0.4, -0.2) is 46.9 Å². The third-order valence-corrected chi connectivity index (χ3v) is 6.25. The van der Waals surface area contributed by atoms with Crippen LogP contribution in [0, 0.1) is 10.1 Å². The van der Waals surface area contributed by atoms with E-state index < -0.39 is 10.8 Å². The number of carbonyl (C=O) groups excluding carboxylic acids is 1. The number of hydrogen-bond donors (Lipinski definition) is 1. The Hall–Kier alpha value is -4.30. The largest absolute Gasteiger partial charge is 0.367 e. The minimum Gasteiger partial charge on any atom is -0.367 e. The Morgan fingerprint density at radius 2 is 1.69 bits per heavy atom. The fraction of sp³-hybridized carbons (Fsp3) is 0.185. The molecule has 0 atom stereocenters. The highest BCUT2D eigenvalue weighted by atomic mass is 16.6. The maximum absolute atomic E-state index is 13.0. The lowest BCUT2D eigenvalue weighted by Crippen LogP contribution is -2.46. The number of rotatable bonds is 6. The second kappa shape index (κ2) is 9.90. The van der Waals surface area contributed by atoms with E-state index in [2.05, 4.69) is 44.4 Å². The summed E-state index contributed by atoms with van der Waals surface area (Å²) in [4.78, 5) is 32.9. The molecule has 1 saturated heterocycles. The molecule has 3 aromatic carbocycles. The second-order valence-electron chi connectivity index (χ2n) is 8.55. The van der Waals surface area contributed by atoms with Crippen LogP contribution in [0.3, 0.4) is 0 Å². The van der Waals surface area contributed by atoms with Gasteiger partial charge in [-0.1, -0.05) is 54.6 Å². The zero-order valence-electron chi connectivity index (χ0n) is 19.1. The SMILES string of the molecule is O=C(Nc1cnc2ccccc2c1N1CCN(Cc2ccccc2)CC1)c1cccc([N+](=O)[O-])c1. The summed E-state index contributed by atoms with van der Waals surface area (Å²) in [6.45, 7) is 4.30. The summed E-state index contributed by atoms with van der Waals surface area (Å²) in [7, 11) is 0. The van der Waals surface area contributed by atoms with Crippen LogP contribution in [-0.2, 0) is 6.54 Å². The van der Waals surface area contributed by atoms with Crippen molar-refractivity contribution in [2.75, 3.05) is 36.4 Å². The van der Waals surface area contributed by atoms with E-state index in [1.807, 2.05) is 30.3 Å². The molecule has 0 spiro atoms. The smallest absolute Gasteiger partial charge is 0.270 e. The number of nitro benzene ring substituents is 1. The van der Waals surface area contributed by atoms with E-state index in [4.69, 9.17) is 0 Å². The fourth-order valence-electron chi connectivity index (χ4n) is 4.49. The predicted octanol–water partition coefficient (Wildman–Crippen LogP) is 4.72. The van der Waals surface area contributed by atoms with Gasteiger partial charge in [-0.25, -0.2) is 0 Å². The summed E-state index contributed by atoms with van der Waals surface area (Å²) in [5.41, 5.74) is 3.77. The van der Waals surface area contributed by atoms with Crippen LogP contribution in [0.15, 0.2) is 85.1 Å². The number of fused-ring (bicyclic) bond motifs is 1. The molecule has 0 aliphatic carbocycles. The van der Waals surface area contributed by atoms with E-state index in [9.17, 15) is 14.9 Å². The number of nitrogens with one attached hydrogen (secondary N) is 1. The van der Waals surface area contributed by atoms with Gasteiger partial charge in [0.1, 0.15) is 0 Å². The quantitative estimate of drug-likeness (QED) is 0.326. The lowest BCUT2D eigenvalue weighted by molar-refractivity contribution is -0.384. The third kappa shape index (κ3) is 4.97. The van der Waals surface area contributed by atoms with E-state index >= 15 is 0 Å². The Kier molecular flexibility index (Phi) is 6.36. The van der Waals surface area contributed by atoms with Crippen molar-refractivity contribution >= 4 is 33.9 Å². The Morgan fingerprint density at radius 3 is 2.46 bits per heavy atom. The number of anilines is 2. The van der Waals surface area contributed by atoms with Crippen LogP contribution in [0.5, 0.6) is 0 Å². The first-order chi connectivity index (χ1) is 17.1. The first-order valence-electron chi connectivity index (χ1n) is 11.5. The van der Waals surface area contributed by atoms with Gasteiger partial charge in [0.2, 0.25) is 0 Å². The van der Waals surface area contributed by atoms with Crippen LogP contribution in [0.25, 0.3) is 10.9 Å². The maximum Gasteiger partial charge on any atom is 0.270 e. The van der Waals surface area contributed by atoms with Crippen LogP contribution in [0.4, 0.5) is 17.1 Å². The highest BCUT2D eigenvalue weighted by Gasteiger charge is 2.23. The Labute approximate surface area is 203 Å². The Balaban J connectivity index is 1.40. The van der Waals surface area contributed by atoms with Gasteiger partial charge < -0.3 is 10.2 Å². The van der Waals surface area contributed by atoms with Crippen molar-refractivity contribution in [3.8, 4) is 0 Å². The summed E-state index contributed by atoms with van der Waals surface area (Å²) in [6, 6.07) is 24.0. The highest BCUT2D eigenvalue weighted by Crippen LogP contribution is 2.34. The average molecular weight is 468 g/mol. The molecule has 8 heteroatoms.